The van der Waals surface area contributed by atoms with Gasteiger partial charge in [-0.3, -0.25) is 0 Å². The standard InChI is InChI=1S/C11H15BrO2/c12-8-3-5-11-7-6-10(14-11)4-1-2-9-13/h6-7,9H,1-5,8H2. The van der Waals surface area contributed by atoms with Crippen molar-refractivity contribution in [3.05, 3.63) is 23.7 Å². The average Bonchev–Trinajstić information content (AvgIpc) is 2.63. The van der Waals surface area contributed by atoms with Gasteiger partial charge in [-0.25, -0.2) is 0 Å². The van der Waals surface area contributed by atoms with E-state index in [2.05, 4.69) is 15.9 Å². The van der Waals surface area contributed by atoms with E-state index in [0.29, 0.717) is 6.42 Å². The summed E-state index contributed by atoms with van der Waals surface area (Å²) < 4.78 is 5.60. The van der Waals surface area contributed by atoms with Crippen molar-refractivity contribution in [2.24, 2.45) is 0 Å². The van der Waals surface area contributed by atoms with Crippen LogP contribution in [0.4, 0.5) is 0 Å². The van der Waals surface area contributed by atoms with Crippen molar-refractivity contribution in [2.45, 2.75) is 32.1 Å². The molecule has 0 aliphatic carbocycles. The van der Waals surface area contributed by atoms with Crippen molar-refractivity contribution in [2.75, 3.05) is 5.33 Å². The second-order valence-electron chi connectivity index (χ2n) is 3.22. The number of aldehydes is 1. The Kier molecular flexibility index (Phi) is 5.60. The molecule has 0 bridgehead atoms. The van der Waals surface area contributed by atoms with E-state index in [1.54, 1.807) is 0 Å². The average molecular weight is 259 g/mol. The van der Waals surface area contributed by atoms with E-state index in [1.807, 2.05) is 12.1 Å². The van der Waals surface area contributed by atoms with Crippen molar-refractivity contribution >= 4 is 22.2 Å². The second kappa shape index (κ2) is 6.82. The zero-order chi connectivity index (χ0) is 10.2. The summed E-state index contributed by atoms with van der Waals surface area (Å²) in [6.07, 6.45) is 5.41. The molecule has 0 aromatic carbocycles. The summed E-state index contributed by atoms with van der Waals surface area (Å²) in [5.74, 6) is 2.04. The second-order valence-corrected chi connectivity index (χ2v) is 4.01. The van der Waals surface area contributed by atoms with Crippen molar-refractivity contribution in [1.29, 1.82) is 0 Å². The molecule has 1 aromatic rings. The zero-order valence-corrected chi connectivity index (χ0v) is 9.76. The minimum Gasteiger partial charge on any atom is -0.466 e. The number of unbranched alkanes of at least 4 members (excludes halogenated alkanes) is 1. The number of carbonyl (C=O) groups is 1. The van der Waals surface area contributed by atoms with E-state index in [9.17, 15) is 4.79 Å². The van der Waals surface area contributed by atoms with E-state index in [-0.39, 0.29) is 0 Å². The van der Waals surface area contributed by atoms with Gasteiger partial charge in [-0.05, 0) is 25.0 Å². The lowest BCUT2D eigenvalue weighted by atomic mass is 10.2. The Morgan fingerprint density at radius 2 is 1.86 bits per heavy atom. The normalized spacial score (nSPS) is 10.4. The first-order valence-electron chi connectivity index (χ1n) is 4.94. The summed E-state index contributed by atoms with van der Waals surface area (Å²) in [4.78, 5) is 10.1. The van der Waals surface area contributed by atoms with Crippen LogP contribution >= 0.6 is 15.9 Å². The van der Waals surface area contributed by atoms with Gasteiger partial charge in [-0.1, -0.05) is 15.9 Å². The maximum Gasteiger partial charge on any atom is 0.120 e. The van der Waals surface area contributed by atoms with Gasteiger partial charge in [0, 0.05) is 24.6 Å². The highest BCUT2D eigenvalue weighted by Crippen LogP contribution is 2.12. The van der Waals surface area contributed by atoms with Gasteiger partial charge in [-0.15, -0.1) is 0 Å². The Morgan fingerprint density at radius 3 is 2.43 bits per heavy atom. The van der Waals surface area contributed by atoms with Crippen LogP contribution in [0.3, 0.4) is 0 Å². The molecule has 2 nitrogen and oxygen atoms in total. The summed E-state index contributed by atoms with van der Waals surface area (Å²) in [5, 5.41) is 1.01. The van der Waals surface area contributed by atoms with Gasteiger partial charge in [-0.2, -0.15) is 0 Å². The summed E-state index contributed by atoms with van der Waals surface area (Å²) in [6, 6.07) is 4.03. The number of halogens is 1. The molecule has 1 heterocycles. The minimum absolute atomic E-state index is 0.622. The van der Waals surface area contributed by atoms with Gasteiger partial charge in [0.1, 0.15) is 17.8 Å². The molecule has 1 rings (SSSR count). The predicted molar refractivity (Wildman–Crippen MR) is 59.8 cm³/mol. The van der Waals surface area contributed by atoms with Crippen LogP contribution in [0.1, 0.15) is 30.8 Å². The Bertz CT molecular complexity index is 268. The van der Waals surface area contributed by atoms with Gasteiger partial charge >= 0.3 is 0 Å². The molecule has 3 heteroatoms. The van der Waals surface area contributed by atoms with Crippen LogP contribution in [0, 0.1) is 0 Å². The first-order valence-corrected chi connectivity index (χ1v) is 6.06. The van der Waals surface area contributed by atoms with E-state index >= 15 is 0 Å². The molecule has 0 saturated carbocycles. The highest BCUT2D eigenvalue weighted by Gasteiger charge is 2.01. The first kappa shape index (κ1) is 11.5. The molecular formula is C11H15BrO2. The molecule has 0 radical (unpaired) electrons. The van der Waals surface area contributed by atoms with Crippen LogP contribution in [-0.2, 0) is 17.6 Å². The molecule has 0 amide bonds. The number of hydrogen-bond donors (Lipinski definition) is 0. The molecule has 78 valence electrons. The number of aryl methyl sites for hydroxylation is 2. The lowest BCUT2D eigenvalue weighted by molar-refractivity contribution is -0.107. The van der Waals surface area contributed by atoms with E-state index < -0.39 is 0 Å². The highest BCUT2D eigenvalue weighted by molar-refractivity contribution is 9.09. The van der Waals surface area contributed by atoms with Crippen molar-refractivity contribution in [1.82, 2.24) is 0 Å². The Morgan fingerprint density at radius 1 is 1.21 bits per heavy atom. The van der Waals surface area contributed by atoms with Crippen LogP contribution in [0.25, 0.3) is 0 Å². The molecule has 0 saturated heterocycles. The molecule has 0 atom stereocenters. The Balaban J connectivity index is 2.31. The maximum atomic E-state index is 10.1. The largest absolute Gasteiger partial charge is 0.466 e. The monoisotopic (exact) mass is 258 g/mol. The molecule has 0 N–H and O–H groups in total. The molecule has 0 fully saturated rings. The minimum atomic E-state index is 0.622. The molecular weight excluding hydrogens is 244 g/mol. The fraction of sp³-hybridized carbons (Fsp3) is 0.545. The van der Waals surface area contributed by atoms with Crippen LogP contribution in [0.15, 0.2) is 16.5 Å². The number of carbonyl (C=O) groups excluding carboxylic acids is 1. The summed E-state index contributed by atoms with van der Waals surface area (Å²) >= 11 is 3.38. The number of alkyl halides is 1. The summed E-state index contributed by atoms with van der Waals surface area (Å²) in [7, 11) is 0. The van der Waals surface area contributed by atoms with Crippen LogP contribution in [0.5, 0.6) is 0 Å². The van der Waals surface area contributed by atoms with Crippen LogP contribution in [0.2, 0.25) is 0 Å². The smallest absolute Gasteiger partial charge is 0.120 e. The molecule has 0 spiro atoms. The van der Waals surface area contributed by atoms with E-state index in [4.69, 9.17) is 4.42 Å². The van der Waals surface area contributed by atoms with Gasteiger partial charge < -0.3 is 9.21 Å². The van der Waals surface area contributed by atoms with Gasteiger partial charge in [0.05, 0.1) is 0 Å². The van der Waals surface area contributed by atoms with Crippen LogP contribution < -0.4 is 0 Å². The Hall–Kier alpha value is -0.570. The first-order chi connectivity index (χ1) is 6.86. The van der Waals surface area contributed by atoms with Gasteiger partial charge in [0.15, 0.2) is 0 Å². The Labute approximate surface area is 92.8 Å². The fourth-order valence-corrected chi connectivity index (χ4v) is 1.57. The van der Waals surface area contributed by atoms with Crippen LogP contribution in [-0.4, -0.2) is 11.6 Å². The zero-order valence-electron chi connectivity index (χ0n) is 8.17. The van der Waals surface area contributed by atoms with Crippen molar-refractivity contribution < 1.29 is 9.21 Å². The number of rotatable bonds is 7. The van der Waals surface area contributed by atoms with E-state index in [0.717, 1.165) is 48.8 Å². The number of furan rings is 1. The lowest BCUT2D eigenvalue weighted by Crippen LogP contribution is -1.84. The summed E-state index contributed by atoms with van der Waals surface area (Å²) in [6.45, 7) is 0. The molecule has 0 aliphatic rings. The molecule has 14 heavy (non-hydrogen) atoms. The van der Waals surface area contributed by atoms with Gasteiger partial charge in [0.25, 0.3) is 0 Å². The highest BCUT2D eigenvalue weighted by atomic mass is 79.9. The predicted octanol–water partition coefficient (Wildman–Crippen LogP) is 3.13. The van der Waals surface area contributed by atoms with E-state index in [1.165, 1.54) is 0 Å². The van der Waals surface area contributed by atoms with Crippen molar-refractivity contribution in [3.8, 4) is 0 Å². The SMILES string of the molecule is O=CCCCc1ccc(CCCBr)o1. The topological polar surface area (TPSA) is 30.2 Å². The number of hydrogen-bond acceptors (Lipinski definition) is 2. The summed E-state index contributed by atoms with van der Waals surface area (Å²) in [5.41, 5.74) is 0. The quantitative estimate of drug-likeness (QED) is 0.428. The third-order valence-corrected chi connectivity index (χ3v) is 2.58. The molecule has 0 aliphatic heterocycles. The lowest BCUT2D eigenvalue weighted by Gasteiger charge is -1.94. The van der Waals surface area contributed by atoms with Crippen molar-refractivity contribution in [3.63, 3.8) is 0 Å². The molecule has 0 unspecified atom stereocenters. The molecule has 1 aromatic heterocycles. The fourth-order valence-electron chi connectivity index (χ4n) is 1.29. The third-order valence-electron chi connectivity index (χ3n) is 2.02. The van der Waals surface area contributed by atoms with Gasteiger partial charge in [0.2, 0.25) is 0 Å². The third kappa shape index (κ3) is 4.09. The maximum absolute atomic E-state index is 10.1.